The molecule has 0 N–H and O–H groups in total. The van der Waals surface area contributed by atoms with Gasteiger partial charge in [0.1, 0.15) is 0 Å². The summed E-state index contributed by atoms with van der Waals surface area (Å²) in [6.45, 7) is 7.61. The molecule has 0 spiro atoms. The zero-order valence-corrected chi connectivity index (χ0v) is 9.75. The molecule has 0 aliphatic heterocycles. The van der Waals surface area contributed by atoms with Gasteiger partial charge in [-0.3, -0.25) is 4.79 Å². The first-order chi connectivity index (χ1) is 7.51. The highest BCUT2D eigenvalue weighted by Crippen LogP contribution is 2.52. The van der Waals surface area contributed by atoms with Crippen molar-refractivity contribution in [1.29, 1.82) is 0 Å². The molecule has 0 aromatic carbocycles. The number of terminal acetylenes is 1. The summed E-state index contributed by atoms with van der Waals surface area (Å²) in [6, 6.07) is 0. The lowest BCUT2D eigenvalue weighted by Crippen LogP contribution is -2.18. The van der Waals surface area contributed by atoms with Gasteiger partial charge in [0.25, 0.3) is 0 Å². The van der Waals surface area contributed by atoms with Crippen LogP contribution in [0.4, 0.5) is 0 Å². The Kier molecular flexibility index (Phi) is 3.80. The van der Waals surface area contributed by atoms with Crippen LogP contribution in [0.25, 0.3) is 0 Å². The summed E-state index contributed by atoms with van der Waals surface area (Å²) in [6.07, 6.45) is 7.59. The molecule has 0 saturated heterocycles. The van der Waals surface area contributed by atoms with E-state index in [0.29, 0.717) is 6.42 Å². The zero-order chi connectivity index (χ0) is 12.2. The molecule has 0 aromatic rings. The largest absolute Gasteiger partial charge is 0.437 e. The highest BCUT2D eigenvalue weighted by Gasteiger charge is 2.52. The van der Waals surface area contributed by atoms with Crippen molar-refractivity contribution in [2.24, 2.45) is 11.3 Å². The molecule has 0 heterocycles. The van der Waals surface area contributed by atoms with Gasteiger partial charge in [-0.1, -0.05) is 25.8 Å². The van der Waals surface area contributed by atoms with Gasteiger partial charge in [-0.05, 0) is 23.7 Å². The van der Waals surface area contributed by atoms with Crippen LogP contribution >= 0.6 is 0 Å². The highest BCUT2D eigenvalue weighted by atomic mass is 16.5. The molecular weight excluding hydrogens is 200 g/mol. The van der Waals surface area contributed by atoms with Crippen LogP contribution in [0.3, 0.4) is 0 Å². The average Bonchev–Trinajstić information content (AvgIpc) is 2.86. The van der Waals surface area contributed by atoms with Crippen molar-refractivity contribution in [3.8, 4) is 24.2 Å². The van der Waals surface area contributed by atoms with E-state index in [4.69, 9.17) is 11.2 Å². The number of rotatable bonds is 3. The maximum Gasteiger partial charge on any atom is 0.311 e. The van der Waals surface area contributed by atoms with Crippen LogP contribution in [-0.4, -0.2) is 12.1 Å². The fraction of sp³-hybridized carbons (Fsp3) is 0.500. The van der Waals surface area contributed by atoms with Gasteiger partial charge in [-0.25, -0.2) is 0 Å². The second-order valence-corrected chi connectivity index (χ2v) is 4.54. The summed E-state index contributed by atoms with van der Waals surface area (Å²) in [5.74, 6) is 7.59. The first kappa shape index (κ1) is 12.4. The van der Waals surface area contributed by atoms with E-state index in [9.17, 15) is 4.79 Å². The maximum absolute atomic E-state index is 11.6. The normalized spacial score (nSPS) is 21.9. The maximum atomic E-state index is 11.6. The number of allylic oxidation sites excluding steroid dienone is 1. The minimum atomic E-state index is -0.733. The molecule has 0 amide bonds. The SMILES string of the molecule is C#CC(C#CCC=C)OC(=O)C1CC1(C)C. The third-order valence-electron chi connectivity index (χ3n) is 2.66. The van der Waals surface area contributed by atoms with Crippen LogP contribution in [0.2, 0.25) is 0 Å². The molecule has 2 atom stereocenters. The molecule has 0 aromatic heterocycles. The Labute approximate surface area is 97.1 Å². The molecule has 2 heteroatoms. The van der Waals surface area contributed by atoms with Gasteiger partial charge in [0.2, 0.25) is 6.10 Å². The second-order valence-electron chi connectivity index (χ2n) is 4.54. The minimum Gasteiger partial charge on any atom is -0.437 e. The van der Waals surface area contributed by atoms with Crippen LogP contribution in [0.1, 0.15) is 26.7 Å². The summed E-state index contributed by atoms with van der Waals surface area (Å²) in [4.78, 5) is 11.6. The Morgan fingerprint density at radius 2 is 2.38 bits per heavy atom. The van der Waals surface area contributed by atoms with E-state index in [1.54, 1.807) is 6.08 Å². The standard InChI is InChI=1S/C14H16O2/c1-5-7-8-9-11(6-2)16-13(15)12-10-14(12,3)4/h2,5,11-12H,1,7,10H2,3-4H3. The van der Waals surface area contributed by atoms with Crippen LogP contribution in [0.15, 0.2) is 12.7 Å². The molecule has 0 radical (unpaired) electrons. The third kappa shape index (κ3) is 3.17. The number of esters is 1. The second kappa shape index (κ2) is 4.90. The fourth-order valence-corrected chi connectivity index (χ4v) is 1.40. The monoisotopic (exact) mass is 216 g/mol. The summed E-state index contributed by atoms with van der Waals surface area (Å²) in [7, 11) is 0. The van der Waals surface area contributed by atoms with Crippen molar-refractivity contribution in [1.82, 2.24) is 0 Å². The molecule has 1 aliphatic rings. The molecule has 84 valence electrons. The molecule has 1 saturated carbocycles. The zero-order valence-electron chi connectivity index (χ0n) is 9.75. The fourth-order valence-electron chi connectivity index (χ4n) is 1.40. The Morgan fingerprint density at radius 1 is 1.75 bits per heavy atom. The van der Waals surface area contributed by atoms with Gasteiger partial charge in [0.05, 0.1) is 5.92 Å². The number of hydrogen-bond acceptors (Lipinski definition) is 2. The van der Waals surface area contributed by atoms with Crippen LogP contribution < -0.4 is 0 Å². The molecule has 0 bridgehead atoms. The van der Waals surface area contributed by atoms with Crippen molar-refractivity contribution in [3.05, 3.63) is 12.7 Å². The Bertz CT molecular complexity index is 387. The number of hydrogen-bond donors (Lipinski definition) is 0. The average molecular weight is 216 g/mol. The molecule has 1 rings (SSSR count). The topological polar surface area (TPSA) is 26.3 Å². The van der Waals surface area contributed by atoms with Gasteiger partial charge in [-0.15, -0.1) is 13.0 Å². The lowest BCUT2D eigenvalue weighted by molar-refractivity contribution is -0.146. The van der Waals surface area contributed by atoms with E-state index < -0.39 is 6.10 Å². The van der Waals surface area contributed by atoms with Crippen LogP contribution in [0, 0.1) is 35.5 Å². The third-order valence-corrected chi connectivity index (χ3v) is 2.66. The predicted octanol–water partition coefficient (Wildman–Crippen LogP) is 2.16. The van der Waals surface area contributed by atoms with E-state index in [2.05, 4.69) is 24.3 Å². The van der Waals surface area contributed by atoms with Gasteiger partial charge in [0.15, 0.2) is 0 Å². The lowest BCUT2D eigenvalue weighted by atomic mass is 10.1. The minimum absolute atomic E-state index is 0.0236. The van der Waals surface area contributed by atoms with E-state index >= 15 is 0 Å². The van der Waals surface area contributed by atoms with E-state index in [0.717, 1.165) is 6.42 Å². The van der Waals surface area contributed by atoms with Crippen molar-refractivity contribution in [3.63, 3.8) is 0 Å². The smallest absolute Gasteiger partial charge is 0.311 e. The molecule has 2 unspecified atom stereocenters. The molecule has 2 nitrogen and oxygen atoms in total. The molecule has 1 fully saturated rings. The van der Waals surface area contributed by atoms with Gasteiger partial charge in [-0.2, -0.15) is 0 Å². The summed E-state index contributed by atoms with van der Waals surface area (Å²) in [5, 5.41) is 0. The van der Waals surface area contributed by atoms with Crippen molar-refractivity contribution in [2.75, 3.05) is 0 Å². The van der Waals surface area contributed by atoms with Gasteiger partial charge >= 0.3 is 5.97 Å². The van der Waals surface area contributed by atoms with Crippen molar-refractivity contribution in [2.45, 2.75) is 32.8 Å². The van der Waals surface area contributed by atoms with Gasteiger partial charge < -0.3 is 4.74 Å². The van der Waals surface area contributed by atoms with E-state index in [-0.39, 0.29) is 17.3 Å². The van der Waals surface area contributed by atoms with Crippen molar-refractivity contribution >= 4 is 5.97 Å². The summed E-state index contributed by atoms with van der Waals surface area (Å²) < 4.78 is 5.12. The Balaban J connectivity index is 2.47. The Hall–Kier alpha value is -1.67. The number of carbonyl (C=O) groups is 1. The Morgan fingerprint density at radius 3 is 2.81 bits per heavy atom. The van der Waals surface area contributed by atoms with Gasteiger partial charge in [0, 0.05) is 6.42 Å². The van der Waals surface area contributed by atoms with Crippen LogP contribution in [-0.2, 0) is 9.53 Å². The quantitative estimate of drug-likeness (QED) is 0.410. The summed E-state index contributed by atoms with van der Waals surface area (Å²) >= 11 is 0. The van der Waals surface area contributed by atoms with E-state index in [1.807, 2.05) is 13.8 Å². The molecule has 1 aliphatic carbocycles. The molecule has 16 heavy (non-hydrogen) atoms. The van der Waals surface area contributed by atoms with E-state index in [1.165, 1.54) is 0 Å². The molecular formula is C14H16O2. The number of carbonyl (C=O) groups excluding carboxylic acids is 1. The first-order valence-corrected chi connectivity index (χ1v) is 5.27. The first-order valence-electron chi connectivity index (χ1n) is 5.27. The number of ether oxygens (including phenoxy) is 1. The highest BCUT2D eigenvalue weighted by molar-refractivity contribution is 5.77. The van der Waals surface area contributed by atoms with Crippen LogP contribution in [0.5, 0.6) is 0 Å². The summed E-state index contributed by atoms with van der Waals surface area (Å²) in [5.41, 5.74) is 0.0603. The predicted molar refractivity (Wildman–Crippen MR) is 63.2 cm³/mol. The van der Waals surface area contributed by atoms with Crippen molar-refractivity contribution < 1.29 is 9.53 Å². The lowest BCUT2D eigenvalue weighted by Gasteiger charge is -2.07.